The number of aromatic nitrogens is 2. The average Bonchev–Trinajstić information content (AvgIpc) is 3.05. The van der Waals surface area contributed by atoms with Crippen molar-refractivity contribution >= 4 is 0 Å². The van der Waals surface area contributed by atoms with Gasteiger partial charge in [0.2, 0.25) is 11.8 Å². The summed E-state index contributed by atoms with van der Waals surface area (Å²) >= 11 is 0. The Morgan fingerprint density at radius 2 is 1.88 bits per heavy atom. The standard InChI is InChI=1S/C19H18FN3O/c20-16-9-4-8-15(12-16)17-22-23-18(24-17)19(10-5-11-19)21-13-14-6-2-1-3-7-14/h1-4,6-9,12,21H,5,10-11,13H2. The molecule has 0 aliphatic heterocycles. The molecule has 122 valence electrons. The second-order valence-corrected chi connectivity index (χ2v) is 6.20. The van der Waals surface area contributed by atoms with Gasteiger partial charge < -0.3 is 4.42 Å². The van der Waals surface area contributed by atoms with Crippen molar-refractivity contribution in [3.8, 4) is 11.5 Å². The van der Waals surface area contributed by atoms with E-state index >= 15 is 0 Å². The topological polar surface area (TPSA) is 51.0 Å². The minimum absolute atomic E-state index is 0.269. The van der Waals surface area contributed by atoms with Gasteiger partial charge in [-0.15, -0.1) is 10.2 Å². The van der Waals surface area contributed by atoms with E-state index in [4.69, 9.17) is 4.42 Å². The highest BCUT2D eigenvalue weighted by Gasteiger charge is 2.43. The Morgan fingerprint density at radius 1 is 1.04 bits per heavy atom. The summed E-state index contributed by atoms with van der Waals surface area (Å²) in [5.41, 5.74) is 1.55. The highest BCUT2D eigenvalue weighted by molar-refractivity contribution is 5.52. The summed E-state index contributed by atoms with van der Waals surface area (Å²) in [4.78, 5) is 0. The second kappa shape index (κ2) is 6.17. The van der Waals surface area contributed by atoms with Crippen LogP contribution in [0, 0.1) is 5.82 Å². The molecular formula is C19H18FN3O. The van der Waals surface area contributed by atoms with Crippen LogP contribution >= 0.6 is 0 Å². The van der Waals surface area contributed by atoms with E-state index in [-0.39, 0.29) is 11.4 Å². The zero-order chi connectivity index (χ0) is 16.4. The summed E-state index contributed by atoms with van der Waals surface area (Å²) in [6.45, 7) is 0.749. The Balaban J connectivity index is 1.55. The Morgan fingerprint density at radius 3 is 2.58 bits per heavy atom. The van der Waals surface area contributed by atoms with E-state index < -0.39 is 0 Å². The Labute approximate surface area is 139 Å². The van der Waals surface area contributed by atoms with Crippen molar-refractivity contribution in [2.45, 2.75) is 31.3 Å². The molecule has 0 atom stereocenters. The molecule has 1 N–H and O–H groups in total. The highest BCUT2D eigenvalue weighted by atomic mass is 19.1. The zero-order valence-corrected chi connectivity index (χ0v) is 13.2. The smallest absolute Gasteiger partial charge is 0.247 e. The summed E-state index contributed by atoms with van der Waals surface area (Å²) < 4.78 is 19.2. The fourth-order valence-electron chi connectivity index (χ4n) is 3.02. The molecule has 0 unspecified atom stereocenters. The van der Waals surface area contributed by atoms with Crippen molar-refractivity contribution in [1.29, 1.82) is 0 Å². The molecule has 1 aliphatic carbocycles. The number of rotatable bonds is 5. The first kappa shape index (κ1) is 15.0. The third kappa shape index (κ3) is 2.83. The molecule has 0 radical (unpaired) electrons. The first-order valence-corrected chi connectivity index (χ1v) is 8.14. The van der Waals surface area contributed by atoms with Crippen LogP contribution in [0.4, 0.5) is 4.39 Å². The predicted molar refractivity (Wildman–Crippen MR) is 88.5 cm³/mol. The molecule has 1 aromatic heterocycles. The summed E-state index contributed by atoms with van der Waals surface area (Å²) in [7, 11) is 0. The molecule has 4 nitrogen and oxygen atoms in total. The average molecular weight is 323 g/mol. The second-order valence-electron chi connectivity index (χ2n) is 6.20. The Kier molecular flexibility index (Phi) is 3.86. The zero-order valence-electron chi connectivity index (χ0n) is 13.2. The van der Waals surface area contributed by atoms with Gasteiger partial charge in [0.05, 0.1) is 5.54 Å². The van der Waals surface area contributed by atoms with Crippen LogP contribution < -0.4 is 5.32 Å². The van der Waals surface area contributed by atoms with E-state index in [9.17, 15) is 4.39 Å². The van der Waals surface area contributed by atoms with Gasteiger partial charge in [-0.25, -0.2) is 4.39 Å². The first-order chi connectivity index (χ1) is 11.8. The van der Waals surface area contributed by atoms with Gasteiger partial charge >= 0.3 is 0 Å². The lowest BCUT2D eigenvalue weighted by Crippen LogP contribution is -2.47. The minimum atomic E-state index is -0.312. The van der Waals surface area contributed by atoms with E-state index in [1.807, 2.05) is 18.2 Å². The van der Waals surface area contributed by atoms with Gasteiger partial charge in [0, 0.05) is 12.1 Å². The van der Waals surface area contributed by atoms with Gasteiger partial charge in [-0.1, -0.05) is 36.4 Å². The number of hydrogen-bond donors (Lipinski definition) is 1. The van der Waals surface area contributed by atoms with Crippen LogP contribution in [0.25, 0.3) is 11.5 Å². The van der Waals surface area contributed by atoms with Crippen molar-refractivity contribution in [2.24, 2.45) is 0 Å². The van der Waals surface area contributed by atoms with Gasteiger partial charge in [-0.3, -0.25) is 5.32 Å². The van der Waals surface area contributed by atoms with Crippen LogP contribution in [0.2, 0.25) is 0 Å². The van der Waals surface area contributed by atoms with Gasteiger partial charge in [0.1, 0.15) is 5.82 Å². The molecular weight excluding hydrogens is 305 g/mol. The SMILES string of the molecule is Fc1cccc(-c2nnc(C3(NCc4ccccc4)CCC3)o2)c1. The third-order valence-electron chi connectivity index (χ3n) is 4.59. The van der Waals surface area contributed by atoms with Crippen LogP contribution in [0.3, 0.4) is 0 Å². The van der Waals surface area contributed by atoms with Crippen molar-refractivity contribution in [3.63, 3.8) is 0 Å². The lowest BCUT2D eigenvalue weighted by molar-refractivity contribution is 0.141. The van der Waals surface area contributed by atoms with Gasteiger partial charge in [0.15, 0.2) is 0 Å². The minimum Gasteiger partial charge on any atom is -0.419 e. The van der Waals surface area contributed by atoms with E-state index in [0.717, 1.165) is 25.8 Å². The lowest BCUT2D eigenvalue weighted by Gasteiger charge is -2.39. The van der Waals surface area contributed by atoms with Gasteiger partial charge in [0.25, 0.3) is 0 Å². The number of nitrogens with zero attached hydrogens (tertiary/aromatic N) is 2. The van der Waals surface area contributed by atoms with E-state index in [0.29, 0.717) is 17.3 Å². The molecule has 1 heterocycles. The largest absolute Gasteiger partial charge is 0.419 e. The number of halogens is 1. The van der Waals surface area contributed by atoms with Crippen molar-refractivity contribution in [1.82, 2.24) is 15.5 Å². The van der Waals surface area contributed by atoms with Gasteiger partial charge in [-0.2, -0.15) is 0 Å². The lowest BCUT2D eigenvalue weighted by atomic mass is 9.76. The summed E-state index contributed by atoms with van der Waals surface area (Å²) in [6.07, 6.45) is 3.05. The van der Waals surface area contributed by atoms with Crippen molar-refractivity contribution in [2.75, 3.05) is 0 Å². The summed E-state index contributed by atoms with van der Waals surface area (Å²) in [5, 5.41) is 11.9. The van der Waals surface area contributed by atoms with Crippen molar-refractivity contribution in [3.05, 3.63) is 71.9 Å². The fraction of sp³-hybridized carbons (Fsp3) is 0.263. The van der Waals surface area contributed by atoms with E-state index in [1.54, 1.807) is 12.1 Å². The highest BCUT2D eigenvalue weighted by Crippen LogP contribution is 2.41. The molecule has 24 heavy (non-hydrogen) atoms. The van der Waals surface area contributed by atoms with E-state index in [1.165, 1.54) is 17.7 Å². The fourth-order valence-corrected chi connectivity index (χ4v) is 3.02. The molecule has 0 spiro atoms. The molecule has 3 aromatic rings. The number of benzene rings is 2. The summed E-state index contributed by atoms with van der Waals surface area (Å²) in [5.74, 6) is 0.633. The molecule has 0 saturated heterocycles. The van der Waals surface area contributed by atoms with Crippen molar-refractivity contribution < 1.29 is 8.81 Å². The predicted octanol–water partition coefficient (Wildman–Crippen LogP) is 4.04. The molecule has 1 saturated carbocycles. The maximum atomic E-state index is 13.4. The van der Waals surface area contributed by atoms with Crippen LogP contribution in [-0.4, -0.2) is 10.2 Å². The first-order valence-electron chi connectivity index (χ1n) is 8.14. The monoisotopic (exact) mass is 323 g/mol. The maximum Gasteiger partial charge on any atom is 0.247 e. The van der Waals surface area contributed by atoms with Gasteiger partial charge in [-0.05, 0) is 43.0 Å². The Hall–Kier alpha value is -2.53. The molecule has 5 heteroatoms. The van der Waals surface area contributed by atoms with Crippen LogP contribution in [0.5, 0.6) is 0 Å². The van der Waals surface area contributed by atoms with Crippen LogP contribution in [-0.2, 0) is 12.1 Å². The molecule has 1 fully saturated rings. The molecule has 1 aliphatic rings. The Bertz CT molecular complexity index is 827. The molecule has 0 bridgehead atoms. The maximum absolute atomic E-state index is 13.4. The van der Waals surface area contributed by atoms with Crippen LogP contribution in [0.15, 0.2) is 59.0 Å². The molecule has 0 amide bonds. The van der Waals surface area contributed by atoms with Crippen LogP contribution in [0.1, 0.15) is 30.7 Å². The normalized spacial score (nSPS) is 15.9. The summed E-state index contributed by atoms with van der Waals surface area (Å²) in [6, 6.07) is 16.4. The number of nitrogens with one attached hydrogen (secondary N) is 1. The molecule has 4 rings (SSSR count). The quantitative estimate of drug-likeness (QED) is 0.770. The molecule has 2 aromatic carbocycles. The third-order valence-corrected chi connectivity index (χ3v) is 4.59. The number of hydrogen-bond acceptors (Lipinski definition) is 4. The van der Waals surface area contributed by atoms with E-state index in [2.05, 4.69) is 27.6 Å².